The maximum absolute atomic E-state index is 12.4. The lowest BCUT2D eigenvalue weighted by Gasteiger charge is -2.09. The second-order valence-electron chi connectivity index (χ2n) is 7.30. The van der Waals surface area contributed by atoms with E-state index in [1.807, 2.05) is 41.5 Å². The molecule has 0 spiro atoms. The van der Waals surface area contributed by atoms with Crippen LogP contribution >= 0.6 is 0 Å². The molecular weight excluding hydrogens is 428 g/mol. The van der Waals surface area contributed by atoms with Crippen LogP contribution in [0.15, 0.2) is 24.7 Å². The first-order valence-corrected chi connectivity index (χ1v) is 11.7. The molecule has 1 aliphatic heterocycles. The molecule has 0 aliphatic carbocycles. The van der Waals surface area contributed by atoms with Gasteiger partial charge in [-0.05, 0) is 26.3 Å². The largest absolute Gasteiger partial charge is 0.383 e. The van der Waals surface area contributed by atoms with Crippen LogP contribution in [0, 0.1) is 31.6 Å². The van der Waals surface area contributed by atoms with Gasteiger partial charge < -0.3 is 15.8 Å². The minimum absolute atomic E-state index is 0.179. The molecule has 8 heteroatoms. The van der Waals surface area contributed by atoms with Crippen molar-refractivity contribution >= 4 is 22.8 Å². The van der Waals surface area contributed by atoms with Crippen LogP contribution in [0.3, 0.4) is 0 Å². The lowest BCUT2D eigenvalue weighted by Crippen LogP contribution is -2.29. The summed E-state index contributed by atoms with van der Waals surface area (Å²) in [5.74, 6) is 6.52. The fourth-order valence-electron chi connectivity index (χ4n) is 3.18. The zero-order chi connectivity index (χ0) is 25.1. The average molecular weight is 463 g/mol. The van der Waals surface area contributed by atoms with E-state index >= 15 is 0 Å². The molecule has 1 amide bonds. The van der Waals surface area contributed by atoms with Gasteiger partial charge in [-0.1, -0.05) is 39.5 Å². The van der Waals surface area contributed by atoms with Gasteiger partial charge in [-0.2, -0.15) is 0 Å². The third kappa shape index (κ3) is 6.72. The van der Waals surface area contributed by atoms with Crippen molar-refractivity contribution in [2.24, 2.45) is 5.92 Å². The second kappa shape index (κ2) is 13.2. The highest BCUT2D eigenvalue weighted by Crippen LogP contribution is 2.19. The van der Waals surface area contributed by atoms with Gasteiger partial charge >= 0.3 is 0 Å². The highest BCUT2D eigenvalue weighted by molar-refractivity contribution is 5.94. The van der Waals surface area contributed by atoms with Crippen molar-refractivity contribution in [1.29, 1.82) is 0 Å². The maximum Gasteiger partial charge on any atom is 0.252 e. The number of carbonyl (C=O) groups excluding carboxylic acids is 1. The predicted molar refractivity (Wildman–Crippen MR) is 135 cm³/mol. The fraction of sp³-hybridized carbons (Fsp3) is 0.423. The summed E-state index contributed by atoms with van der Waals surface area (Å²) in [6.07, 6.45) is 5.69. The zero-order valence-electron chi connectivity index (χ0n) is 20.9. The van der Waals surface area contributed by atoms with Crippen molar-refractivity contribution in [3.8, 4) is 11.8 Å². The van der Waals surface area contributed by atoms with E-state index in [2.05, 4.69) is 37.1 Å². The third-order valence-corrected chi connectivity index (χ3v) is 5.06. The second-order valence-corrected chi connectivity index (χ2v) is 7.30. The third-order valence-electron chi connectivity index (χ3n) is 5.06. The minimum atomic E-state index is -0.179. The summed E-state index contributed by atoms with van der Waals surface area (Å²) in [4.78, 5) is 29.8. The predicted octanol–water partition coefficient (Wildman–Crippen LogP) is 3.84. The van der Waals surface area contributed by atoms with Crippen LogP contribution < -0.4 is 11.1 Å². The molecule has 3 aromatic rings. The Bertz CT molecular complexity index is 1180. The first kappa shape index (κ1) is 26.7. The van der Waals surface area contributed by atoms with E-state index < -0.39 is 0 Å². The quantitative estimate of drug-likeness (QED) is 0.568. The summed E-state index contributed by atoms with van der Waals surface area (Å²) in [7, 11) is 0. The summed E-state index contributed by atoms with van der Waals surface area (Å²) in [6.45, 7) is 13.8. The lowest BCUT2D eigenvalue weighted by atomic mass is 10.1. The van der Waals surface area contributed by atoms with E-state index in [1.54, 1.807) is 18.5 Å². The average Bonchev–Trinajstić information content (AvgIpc) is 3.39. The van der Waals surface area contributed by atoms with Gasteiger partial charge in [0, 0.05) is 37.0 Å². The van der Waals surface area contributed by atoms with Crippen LogP contribution in [0.5, 0.6) is 0 Å². The standard InChI is InChI=1S/C22H22N6O2.2C2H6/c1-13-14(2)28-20-18(21(23)25-11-19(20)27-13)4-3-15-7-17(10-24-8-15)22(29)26-9-16-5-6-30-12-16;2*1-2/h7-8,10-11,16H,5-6,9,12H2,1-2H3,(H2,23,25)(H,26,29);2*1-2H3. The van der Waals surface area contributed by atoms with Crippen LogP contribution in [0.2, 0.25) is 0 Å². The van der Waals surface area contributed by atoms with Crippen molar-refractivity contribution in [3.63, 3.8) is 0 Å². The topological polar surface area (TPSA) is 116 Å². The molecule has 3 N–H and O–H groups in total. The number of nitrogens with zero attached hydrogens (tertiary/aromatic N) is 4. The van der Waals surface area contributed by atoms with Crippen molar-refractivity contribution in [2.75, 3.05) is 25.5 Å². The maximum atomic E-state index is 12.4. The van der Waals surface area contributed by atoms with Gasteiger partial charge in [0.05, 0.1) is 35.3 Å². The zero-order valence-corrected chi connectivity index (χ0v) is 20.9. The number of hydrogen-bond acceptors (Lipinski definition) is 7. The summed E-state index contributed by atoms with van der Waals surface area (Å²) in [5, 5.41) is 2.93. The summed E-state index contributed by atoms with van der Waals surface area (Å²) >= 11 is 0. The van der Waals surface area contributed by atoms with Crippen LogP contribution in [0.1, 0.15) is 67.0 Å². The van der Waals surface area contributed by atoms with Gasteiger partial charge in [-0.25, -0.2) is 15.0 Å². The molecule has 1 atom stereocenters. The molecule has 1 fully saturated rings. The van der Waals surface area contributed by atoms with E-state index in [0.29, 0.717) is 46.8 Å². The Morgan fingerprint density at radius 1 is 1.12 bits per heavy atom. The van der Waals surface area contributed by atoms with Crippen LogP contribution in [0.25, 0.3) is 11.0 Å². The van der Waals surface area contributed by atoms with Gasteiger partial charge in [0.2, 0.25) is 0 Å². The van der Waals surface area contributed by atoms with Gasteiger partial charge in [-0.15, -0.1) is 0 Å². The Labute approximate surface area is 201 Å². The molecule has 0 aromatic carbocycles. The number of nitrogens with one attached hydrogen (secondary N) is 1. The number of pyridine rings is 2. The van der Waals surface area contributed by atoms with Crippen LogP contribution in [-0.4, -0.2) is 45.6 Å². The van der Waals surface area contributed by atoms with Crippen LogP contribution in [-0.2, 0) is 4.74 Å². The van der Waals surface area contributed by atoms with E-state index in [-0.39, 0.29) is 11.7 Å². The number of carbonyl (C=O) groups is 1. The monoisotopic (exact) mass is 462 g/mol. The fourth-order valence-corrected chi connectivity index (χ4v) is 3.18. The number of amides is 1. The Balaban J connectivity index is 0.000000970. The van der Waals surface area contributed by atoms with Gasteiger partial charge in [0.1, 0.15) is 16.9 Å². The number of ether oxygens (including phenoxy) is 1. The number of nitrogen functional groups attached to an aromatic ring is 1. The lowest BCUT2D eigenvalue weighted by molar-refractivity contribution is 0.0944. The van der Waals surface area contributed by atoms with E-state index in [9.17, 15) is 4.79 Å². The molecular formula is C26H34N6O2. The molecule has 180 valence electrons. The molecule has 4 heterocycles. The Hall–Kier alpha value is -3.57. The molecule has 1 saturated heterocycles. The number of anilines is 1. The summed E-state index contributed by atoms with van der Waals surface area (Å²) < 4.78 is 5.34. The SMILES string of the molecule is CC.CC.Cc1nc2cnc(N)c(C#Cc3cncc(C(=O)NCC4CCOC4)c3)c2nc1C. The van der Waals surface area contributed by atoms with Crippen LogP contribution in [0.4, 0.5) is 5.82 Å². The normalized spacial score (nSPS) is 14.1. The smallest absolute Gasteiger partial charge is 0.252 e. The minimum Gasteiger partial charge on any atom is -0.383 e. The summed E-state index contributed by atoms with van der Waals surface area (Å²) in [6, 6.07) is 1.70. The summed E-state index contributed by atoms with van der Waals surface area (Å²) in [5.41, 5.74) is 10.5. The number of aryl methyl sites for hydroxylation is 2. The molecule has 1 unspecified atom stereocenters. The van der Waals surface area contributed by atoms with Crippen molar-refractivity contribution in [2.45, 2.75) is 48.0 Å². The number of rotatable bonds is 3. The molecule has 0 radical (unpaired) electrons. The number of hydrogen-bond donors (Lipinski definition) is 2. The molecule has 8 nitrogen and oxygen atoms in total. The van der Waals surface area contributed by atoms with Gasteiger partial charge in [-0.3, -0.25) is 9.78 Å². The van der Waals surface area contributed by atoms with E-state index in [0.717, 1.165) is 24.4 Å². The van der Waals surface area contributed by atoms with Gasteiger partial charge in [0.25, 0.3) is 5.91 Å². The Morgan fingerprint density at radius 2 is 1.85 bits per heavy atom. The molecule has 1 aliphatic rings. The molecule has 34 heavy (non-hydrogen) atoms. The van der Waals surface area contributed by atoms with Crippen molar-refractivity contribution in [1.82, 2.24) is 25.3 Å². The number of nitrogens with two attached hydrogens (primary N) is 1. The Kier molecular flexibility index (Phi) is 10.4. The van der Waals surface area contributed by atoms with Crippen molar-refractivity contribution in [3.05, 3.63) is 52.7 Å². The van der Waals surface area contributed by atoms with Crippen molar-refractivity contribution < 1.29 is 9.53 Å². The number of fused-ring (bicyclic) bond motifs is 1. The molecule has 4 rings (SSSR count). The van der Waals surface area contributed by atoms with Gasteiger partial charge in [0.15, 0.2) is 0 Å². The Morgan fingerprint density at radius 3 is 2.56 bits per heavy atom. The first-order chi connectivity index (χ1) is 16.5. The molecule has 0 saturated carbocycles. The molecule has 0 bridgehead atoms. The first-order valence-electron chi connectivity index (χ1n) is 11.7. The molecule has 3 aromatic heterocycles. The van der Waals surface area contributed by atoms with E-state index in [1.165, 1.54) is 6.20 Å². The highest BCUT2D eigenvalue weighted by Gasteiger charge is 2.17. The van der Waals surface area contributed by atoms with E-state index in [4.69, 9.17) is 10.5 Å². The number of aromatic nitrogens is 4. The highest BCUT2D eigenvalue weighted by atomic mass is 16.5.